The molecule has 2 aliphatic carbocycles. The highest BCUT2D eigenvalue weighted by Crippen LogP contribution is 2.65. The third-order valence-corrected chi connectivity index (χ3v) is 14.0. The standard InChI is InChI=1S/C61H49NO/c1-59(2,3)40-30-34-45-46-35-31-41(60(4,5)6)37-52(46)61(51(45)36-40)49-22-11-9-19-47(49)57-50(61)23-14-24-53(57)62(54-25-15-27-56-58(54)48-20-10-12-26-55(48)63-56)42-32-28-39(29-33-42)44-21-13-17-38-16-7-8-18-43(38)44/h7-37H,1-6H3. The summed E-state index contributed by atoms with van der Waals surface area (Å²) in [4.78, 5) is 2.50. The van der Waals surface area contributed by atoms with Gasteiger partial charge in [-0.25, -0.2) is 0 Å². The van der Waals surface area contributed by atoms with Crippen molar-refractivity contribution in [3.8, 4) is 33.4 Å². The van der Waals surface area contributed by atoms with E-state index < -0.39 is 5.41 Å². The van der Waals surface area contributed by atoms with Crippen LogP contribution in [-0.2, 0) is 16.2 Å². The highest BCUT2D eigenvalue weighted by Gasteiger charge is 2.53. The van der Waals surface area contributed by atoms with E-state index in [0.717, 1.165) is 39.0 Å². The molecule has 304 valence electrons. The maximum atomic E-state index is 6.59. The number of rotatable bonds is 4. The summed E-state index contributed by atoms with van der Waals surface area (Å²) in [5.74, 6) is 0. The Labute approximate surface area is 370 Å². The van der Waals surface area contributed by atoms with E-state index in [1.807, 2.05) is 0 Å². The van der Waals surface area contributed by atoms with Gasteiger partial charge in [0.15, 0.2) is 0 Å². The van der Waals surface area contributed by atoms with Crippen LogP contribution in [0.3, 0.4) is 0 Å². The molecule has 0 amide bonds. The molecule has 0 saturated carbocycles. The molecule has 12 rings (SSSR count). The van der Waals surface area contributed by atoms with Gasteiger partial charge in [0.1, 0.15) is 11.2 Å². The van der Waals surface area contributed by atoms with Gasteiger partial charge in [0.25, 0.3) is 0 Å². The number of hydrogen-bond acceptors (Lipinski definition) is 2. The second-order valence-electron chi connectivity index (χ2n) is 19.7. The predicted molar refractivity (Wildman–Crippen MR) is 265 cm³/mol. The molecule has 2 heteroatoms. The van der Waals surface area contributed by atoms with Gasteiger partial charge >= 0.3 is 0 Å². The fraction of sp³-hybridized carbons (Fsp3) is 0.148. The van der Waals surface area contributed by atoms with E-state index in [4.69, 9.17) is 4.42 Å². The van der Waals surface area contributed by atoms with Crippen molar-refractivity contribution in [2.45, 2.75) is 57.8 Å². The number of hydrogen-bond donors (Lipinski definition) is 0. The molecule has 0 radical (unpaired) electrons. The zero-order chi connectivity index (χ0) is 42.8. The van der Waals surface area contributed by atoms with Crippen LogP contribution in [0.5, 0.6) is 0 Å². The minimum absolute atomic E-state index is 0.0224. The van der Waals surface area contributed by atoms with Crippen molar-refractivity contribution in [1.29, 1.82) is 0 Å². The highest BCUT2D eigenvalue weighted by atomic mass is 16.3. The van der Waals surface area contributed by atoms with Gasteiger partial charge in [0, 0.05) is 16.6 Å². The Balaban J connectivity index is 1.17. The number of anilines is 3. The first kappa shape index (κ1) is 37.6. The first-order valence-electron chi connectivity index (χ1n) is 22.3. The molecule has 2 nitrogen and oxygen atoms in total. The van der Waals surface area contributed by atoms with Gasteiger partial charge in [-0.3, -0.25) is 0 Å². The van der Waals surface area contributed by atoms with Crippen molar-refractivity contribution in [2.24, 2.45) is 0 Å². The fourth-order valence-corrected chi connectivity index (χ4v) is 10.9. The van der Waals surface area contributed by atoms with Gasteiger partial charge in [0.05, 0.1) is 22.2 Å². The molecule has 1 spiro atoms. The van der Waals surface area contributed by atoms with Crippen LogP contribution >= 0.6 is 0 Å². The molecule has 0 unspecified atom stereocenters. The van der Waals surface area contributed by atoms with Gasteiger partial charge < -0.3 is 9.32 Å². The van der Waals surface area contributed by atoms with Crippen LogP contribution < -0.4 is 4.90 Å². The molecule has 0 bridgehead atoms. The Hall–Kier alpha value is -7.16. The average Bonchev–Trinajstić information content (AvgIpc) is 3.93. The average molecular weight is 812 g/mol. The van der Waals surface area contributed by atoms with Crippen LogP contribution in [-0.4, -0.2) is 0 Å². The van der Waals surface area contributed by atoms with Crippen molar-refractivity contribution in [1.82, 2.24) is 0 Å². The van der Waals surface area contributed by atoms with Crippen LogP contribution in [0.25, 0.3) is 66.1 Å². The quantitative estimate of drug-likeness (QED) is 0.176. The molecule has 10 aromatic rings. The molecule has 0 fully saturated rings. The molecular weight excluding hydrogens is 763 g/mol. The van der Waals surface area contributed by atoms with Crippen LogP contribution in [0, 0.1) is 0 Å². The number of furan rings is 1. The van der Waals surface area contributed by atoms with Crippen molar-refractivity contribution >= 4 is 49.8 Å². The maximum absolute atomic E-state index is 6.59. The first-order chi connectivity index (χ1) is 30.5. The summed E-state index contributed by atoms with van der Waals surface area (Å²) >= 11 is 0. The lowest BCUT2D eigenvalue weighted by Crippen LogP contribution is -2.27. The van der Waals surface area contributed by atoms with E-state index in [1.165, 1.54) is 77.5 Å². The summed E-state index contributed by atoms with van der Waals surface area (Å²) in [5, 5.41) is 4.70. The lowest BCUT2D eigenvalue weighted by Gasteiger charge is -2.33. The number of nitrogens with zero attached hydrogens (tertiary/aromatic N) is 1. The third-order valence-electron chi connectivity index (χ3n) is 14.0. The predicted octanol–water partition coefficient (Wildman–Crippen LogP) is 16.8. The van der Waals surface area contributed by atoms with E-state index in [9.17, 15) is 0 Å². The van der Waals surface area contributed by atoms with Crippen molar-refractivity contribution in [2.75, 3.05) is 4.90 Å². The summed E-state index contributed by atoms with van der Waals surface area (Å²) in [5.41, 5.74) is 20.2. The zero-order valence-corrected chi connectivity index (χ0v) is 36.8. The normalized spacial score (nSPS) is 13.7. The number of fused-ring (bicyclic) bond motifs is 14. The molecule has 0 saturated heterocycles. The van der Waals surface area contributed by atoms with Gasteiger partial charge in [0.2, 0.25) is 0 Å². The molecule has 1 heterocycles. The van der Waals surface area contributed by atoms with E-state index in [0.29, 0.717) is 0 Å². The Kier molecular flexibility index (Phi) is 8.01. The molecule has 0 N–H and O–H groups in total. The Bertz CT molecular complexity index is 3410. The lowest BCUT2D eigenvalue weighted by atomic mass is 9.69. The van der Waals surface area contributed by atoms with Crippen LogP contribution in [0.1, 0.15) is 74.9 Å². The lowest BCUT2D eigenvalue weighted by molar-refractivity contribution is 0.586. The zero-order valence-electron chi connectivity index (χ0n) is 36.8. The van der Waals surface area contributed by atoms with E-state index >= 15 is 0 Å². The topological polar surface area (TPSA) is 16.4 Å². The van der Waals surface area contributed by atoms with Crippen LogP contribution in [0.4, 0.5) is 17.1 Å². The van der Waals surface area contributed by atoms with Crippen molar-refractivity contribution in [3.05, 3.63) is 221 Å². The largest absolute Gasteiger partial charge is 0.456 e. The summed E-state index contributed by atoms with van der Waals surface area (Å²) < 4.78 is 6.59. The summed E-state index contributed by atoms with van der Waals surface area (Å²) in [7, 11) is 0. The minimum atomic E-state index is -0.520. The Morgan fingerprint density at radius 1 is 0.413 bits per heavy atom. The summed E-state index contributed by atoms with van der Waals surface area (Å²) in [6, 6.07) is 70.3. The van der Waals surface area contributed by atoms with Crippen molar-refractivity contribution < 1.29 is 4.42 Å². The molecule has 63 heavy (non-hydrogen) atoms. The van der Waals surface area contributed by atoms with Gasteiger partial charge in [-0.15, -0.1) is 0 Å². The molecule has 0 aliphatic heterocycles. The van der Waals surface area contributed by atoms with Crippen molar-refractivity contribution in [3.63, 3.8) is 0 Å². The second kappa shape index (κ2) is 13.4. The minimum Gasteiger partial charge on any atom is -0.456 e. The second-order valence-corrected chi connectivity index (χ2v) is 19.7. The van der Waals surface area contributed by atoms with Gasteiger partial charge in [-0.05, 0) is 119 Å². The molecule has 0 atom stereocenters. The smallest absolute Gasteiger partial charge is 0.137 e. The van der Waals surface area contributed by atoms with E-state index in [-0.39, 0.29) is 10.8 Å². The third kappa shape index (κ3) is 5.44. The molecule has 1 aromatic heterocycles. The Morgan fingerprint density at radius 3 is 1.70 bits per heavy atom. The molecule has 9 aromatic carbocycles. The summed E-state index contributed by atoms with van der Waals surface area (Å²) in [6.07, 6.45) is 0. The fourth-order valence-electron chi connectivity index (χ4n) is 10.9. The summed E-state index contributed by atoms with van der Waals surface area (Å²) in [6.45, 7) is 14.0. The Morgan fingerprint density at radius 2 is 0.968 bits per heavy atom. The number of benzene rings is 9. The monoisotopic (exact) mass is 811 g/mol. The maximum Gasteiger partial charge on any atom is 0.137 e. The molecular formula is C61H49NO. The highest BCUT2D eigenvalue weighted by molar-refractivity contribution is 6.14. The van der Waals surface area contributed by atoms with E-state index in [2.05, 4.69) is 234 Å². The van der Waals surface area contributed by atoms with Crippen LogP contribution in [0.2, 0.25) is 0 Å². The van der Waals surface area contributed by atoms with Crippen LogP contribution in [0.15, 0.2) is 192 Å². The van der Waals surface area contributed by atoms with E-state index in [1.54, 1.807) is 0 Å². The first-order valence-corrected chi connectivity index (χ1v) is 22.3. The van der Waals surface area contributed by atoms with Gasteiger partial charge in [-0.1, -0.05) is 193 Å². The molecule has 2 aliphatic rings. The number of para-hydroxylation sites is 1. The SMILES string of the molecule is CC(C)(C)c1ccc2c(c1)C1(c3cc(C(C)(C)C)ccc3-2)c2ccccc2-c2c(N(c3ccc(-c4cccc5ccccc45)cc3)c3cccc4oc5ccccc5c34)cccc21. The van der Waals surface area contributed by atoms with Gasteiger partial charge in [-0.2, -0.15) is 0 Å².